The summed E-state index contributed by atoms with van der Waals surface area (Å²) in [6.07, 6.45) is 7.84. The zero-order valence-electron chi connectivity index (χ0n) is 20.8. The van der Waals surface area contributed by atoms with Crippen LogP contribution in [-0.2, 0) is 16.0 Å². The van der Waals surface area contributed by atoms with E-state index in [1.807, 2.05) is 18.2 Å². The second-order valence-electron chi connectivity index (χ2n) is 9.57. The third kappa shape index (κ3) is 7.95. The van der Waals surface area contributed by atoms with Crippen LogP contribution in [0.3, 0.4) is 0 Å². The number of carbonyl (C=O) groups is 2. The number of nitrogens with two attached hydrogens (primary N) is 1. The number of carbonyl (C=O) groups excluding carboxylic acids is 2. The zero-order valence-corrected chi connectivity index (χ0v) is 21.5. The summed E-state index contributed by atoms with van der Waals surface area (Å²) in [5.41, 5.74) is 7.61. The second-order valence-corrected chi connectivity index (χ2v) is 9.98. The second kappa shape index (κ2) is 13.1. The summed E-state index contributed by atoms with van der Waals surface area (Å²) < 4.78 is 11.0. The number of amides is 1. The molecule has 8 heteroatoms. The van der Waals surface area contributed by atoms with Gasteiger partial charge < -0.3 is 25.0 Å². The van der Waals surface area contributed by atoms with Crippen LogP contribution in [0.4, 0.5) is 5.69 Å². The van der Waals surface area contributed by atoms with Crippen molar-refractivity contribution in [1.82, 2.24) is 4.90 Å². The number of Topliss-reactive ketones (excluding diaryl/α,β-unsaturated/α-hetero) is 1. The lowest BCUT2D eigenvalue weighted by atomic mass is 10.1. The van der Waals surface area contributed by atoms with Gasteiger partial charge in [-0.05, 0) is 100 Å². The lowest BCUT2D eigenvalue weighted by molar-refractivity contribution is -0.114. The molecular formula is C28H36ClN3O4. The monoisotopic (exact) mass is 513 g/mol. The lowest BCUT2D eigenvalue weighted by Crippen LogP contribution is -2.36. The van der Waals surface area contributed by atoms with Gasteiger partial charge in [0.2, 0.25) is 5.78 Å². The molecule has 3 fully saturated rings. The summed E-state index contributed by atoms with van der Waals surface area (Å²) in [6.45, 7) is 6.89. The molecule has 2 N–H and O–H groups in total. The Balaban J connectivity index is 0.000000170. The zero-order chi connectivity index (χ0) is 25.3. The summed E-state index contributed by atoms with van der Waals surface area (Å²) in [6, 6.07) is 13.2. The molecule has 3 aliphatic rings. The van der Waals surface area contributed by atoms with Crippen molar-refractivity contribution in [2.45, 2.75) is 44.6 Å². The van der Waals surface area contributed by atoms with Gasteiger partial charge in [-0.1, -0.05) is 17.7 Å². The first-order valence-corrected chi connectivity index (χ1v) is 13.3. The van der Waals surface area contributed by atoms with Crippen LogP contribution in [0, 0.1) is 0 Å². The number of ether oxygens (including phenoxy) is 2. The molecule has 0 atom stereocenters. The Bertz CT molecular complexity index is 1010. The number of hydrogen-bond donors (Lipinski definition) is 1. The maximum atomic E-state index is 11.3. The standard InChI is InChI=1S/C16H22ClNO.C12H14N2O3/c17-15-12-13(4-3-11-18-9-1-2-10-18)5-8-16(15)19-14-6-7-14;13-12(16)11(15)9-1-3-10(4-2-9)14-5-7-17-8-6-14/h5,8,12,14H,1-4,6-7,9-11H2;1-4H,5-8H2,(H2,13,16). The molecule has 2 saturated heterocycles. The van der Waals surface area contributed by atoms with E-state index in [1.165, 1.54) is 57.3 Å². The van der Waals surface area contributed by atoms with Crippen LogP contribution in [0.2, 0.25) is 5.02 Å². The molecule has 1 aliphatic carbocycles. The molecule has 2 heterocycles. The van der Waals surface area contributed by atoms with Gasteiger partial charge in [0.25, 0.3) is 5.91 Å². The number of halogens is 1. The van der Waals surface area contributed by atoms with Gasteiger partial charge in [0.05, 0.1) is 24.3 Å². The summed E-state index contributed by atoms with van der Waals surface area (Å²) in [4.78, 5) is 26.8. The highest BCUT2D eigenvalue weighted by atomic mass is 35.5. The molecule has 194 valence electrons. The molecule has 0 unspecified atom stereocenters. The highest BCUT2D eigenvalue weighted by molar-refractivity contribution is 6.42. The summed E-state index contributed by atoms with van der Waals surface area (Å²) in [5.74, 6) is -0.727. The van der Waals surface area contributed by atoms with E-state index in [-0.39, 0.29) is 0 Å². The Labute approximate surface area is 218 Å². The maximum Gasteiger partial charge on any atom is 0.289 e. The minimum atomic E-state index is -0.927. The molecule has 0 spiro atoms. The van der Waals surface area contributed by atoms with Gasteiger partial charge in [0.1, 0.15) is 5.75 Å². The van der Waals surface area contributed by atoms with Crippen LogP contribution < -0.4 is 15.4 Å². The highest BCUT2D eigenvalue weighted by Crippen LogP contribution is 2.32. The fraction of sp³-hybridized carbons (Fsp3) is 0.500. The van der Waals surface area contributed by atoms with Crippen molar-refractivity contribution >= 4 is 29.0 Å². The fourth-order valence-corrected chi connectivity index (χ4v) is 4.71. The predicted molar refractivity (Wildman–Crippen MR) is 142 cm³/mol. The van der Waals surface area contributed by atoms with Gasteiger partial charge in [0.15, 0.2) is 0 Å². The first kappa shape index (κ1) is 26.5. The van der Waals surface area contributed by atoms with Gasteiger partial charge in [-0.2, -0.15) is 0 Å². The number of benzene rings is 2. The number of aryl methyl sites for hydroxylation is 1. The Morgan fingerprint density at radius 3 is 2.31 bits per heavy atom. The van der Waals surface area contributed by atoms with Gasteiger partial charge in [0, 0.05) is 24.3 Å². The average molecular weight is 514 g/mol. The quantitative estimate of drug-likeness (QED) is 0.401. The van der Waals surface area contributed by atoms with Crippen LogP contribution in [0.1, 0.15) is 48.0 Å². The number of primary amides is 1. The molecule has 2 aliphatic heterocycles. The minimum absolute atomic E-state index is 0.328. The van der Waals surface area contributed by atoms with Crippen LogP contribution >= 0.6 is 11.6 Å². The van der Waals surface area contributed by atoms with E-state index < -0.39 is 11.7 Å². The average Bonchev–Trinajstić information content (AvgIpc) is 3.57. The molecular weight excluding hydrogens is 478 g/mol. The number of ketones is 1. The first-order valence-electron chi connectivity index (χ1n) is 12.9. The van der Waals surface area contributed by atoms with Gasteiger partial charge >= 0.3 is 0 Å². The van der Waals surface area contributed by atoms with E-state index in [0.717, 1.165) is 36.0 Å². The number of likely N-dealkylation sites (tertiary alicyclic amines) is 1. The molecule has 1 amide bonds. The molecule has 7 nitrogen and oxygen atoms in total. The maximum absolute atomic E-state index is 11.3. The van der Waals surface area contributed by atoms with Crippen LogP contribution in [0.25, 0.3) is 0 Å². The third-order valence-electron chi connectivity index (χ3n) is 6.68. The Hall–Kier alpha value is -2.61. The Kier molecular flexibility index (Phi) is 9.61. The van der Waals surface area contributed by atoms with Crippen LogP contribution in [0.5, 0.6) is 5.75 Å². The topological polar surface area (TPSA) is 85.1 Å². The predicted octanol–water partition coefficient (Wildman–Crippen LogP) is 4.10. The SMILES string of the molecule is Clc1cc(CCCN2CCCC2)ccc1OC1CC1.NC(=O)C(=O)c1ccc(N2CCOCC2)cc1. The Morgan fingerprint density at radius 2 is 1.69 bits per heavy atom. The summed E-state index contributed by atoms with van der Waals surface area (Å²) in [5, 5.41) is 0.769. The van der Waals surface area contributed by atoms with Crippen molar-refractivity contribution in [3.05, 3.63) is 58.6 Å². The van der Waals surface area contributed by atoms with Gasteiger partial charge in [-0.3, -0.25) is 9.59 Å². The number of morpholine rings is 1. The first-order chi connectivity index (χ1) is 17.5. The molecule has 2 aromatic rings. The molecule has 1 saturated carbocycles. The number of hydrogen-bond acceptors (Lipinski definition) is 6. The number of rotatable bonds is 9. The van der Waals surface area contributed by atoms with E-state index in [9.17, 15) is 9.59 Å². The van der Waals surface area contributed by atoms with Gasteiger partial charge in [-0.25, -0.2) is 0 Å². The van der Waals surface area contributed by atoms with Crippen molar-refractivity contribution in [2.24, 2.45) is 5.73 Å². The highest BCUT2D eigenvalue weighted by Gasteiger charge is 2.24. The number of nitrogens with zero attached hydrogens (tertiary/aromatic N) is 2. The van der Waals surface area contributed by atoms with Gasteiger partial charge in [-0.15, -0.1) is 0 Å². The van der Waals surface area contributed by atoms with Crippen molar-refractivity contribution in [2.75, 3.05) is 50.8 Å². The van der Waals surface area contributed by atoms with E-state index in [0.29, 0.717) is 24.9 Å². The normalized spacial score (nSPS) is 17.9. The van der Waals surface area contributed by atoms with Crippen molar-refractivity contribution < 1.29 is 19.1 Å². The van der Waals surface area contributed by atoms with E-state index in [1.54, 1.807) is 12.1 Å². The Morgan fingerprint density at radius 1 is 1.00 bits per heavy atom. The third-order valence-corrected chi connectivity index (χ3v) is 6.98. The fourth-order valence-electron chi connectivity index (χ4n) is 4.46. The van der Waals surface area contributed by atoms with E-state index >= 15 is 0 Å². The summed E-state index contributed by atoms with van der Waals surface area (Å²) in [7, 11) is 0. The summed E-state index contributed by atoms with van der Waals surface area (Å²) >= 11 is 6.27. The molecule has 5 rings (SSSR count). The van der Waals surface area contributed by atoms with E-state index in [4.69, 9.17) is 26.8 Å². The molecule has 2 aromatic carbocycles. The lowest BCUT2D eigenvalue weighted by Gasteiger charge is -2.28. The van der Waals surface area contributed by atoms with E-state index in [2.05, 4.69) is 21.9 Å². The molecule has 0 aromatic heterocycles. The molecule has 0 bridgehead atoms. The largest absolute Gasteiger partial charge is 0.489 e. The smallest absolute Gasteiger partial charge is 0.289 e. The van der Waals surface area contributed by atoms with Crippen LogP contribution in [-0.4, -0.2) is 68.6 Å². The van der Waals surface area contributed by atoms with Crippen molar-refractivity contribution in [3.8, 4) is 5.75 Å². The molecule has 0 radical (unpaired) electrons. The van der Waals surface area contributed by atoms with Crippen molar-refractivity contribution in [1.29, 1.82) is 0 Å². The van der Waals surface area contributed by atoms with Crippen LogP contribution in [0.15, 0.2) is 42.5 Å². The molecule has 36 heavy (non-hydrogen) atoms. The minimum Gasteiger partial charge on any atom is -0.489 e. The van der Waals surface area contributed by atoms with Crippen molar-refractivity contribution in [3.63, 3.8) is 0 Å². The number of anilines is 1.